The molecule has 2 N–H and O–H groups in total. The smallest absolute Gasteiger partial charge is 0.340 e. The van der Waals surface area contributed by atoms with Gasteiger partial charge in [0.25, 0.3) is 0 Å². The van der Waals surface area contributed by atoms with Gasteiger partial charge in [-0.25, -0.2) is 14.6 Å². The lowest BCUT2D eigenvalue weighted by molar-refractivity contribution is -0.149. The predicted molar refractivity (Wildman–Crippen MR) is 135 cm³/mol. The van der Waals surface area contributed by atoms with Gasteiger partial charge in [0.15, 0.2) is 11.4 Å². The number of aliphatic carboxylic acids is 1. The zero-order valence-electron chi connectivity index (χ0n) is 21.2. The Morgan fingerprint density at radius 1 is 0.865 bits per heavy atom. The summed E-state index contributed by atoms with van der Waals surface area (Å²) < 4.78 is 15.7. The Balaban J connectivity index is 0.000000173. The van der Waals surface area contributed by atoms with Crippen LogP contribution in [0.2, 0.25) is 0 Å². The van der Waals surface area contributed by atoms with E-state index in [0.717, 1.165) is 62.9 Å². The van der Waals surface area contributed by atoms with Crippen molar-refractivity contribution >= 4 is 23.7 Å². The number of carboxylic acids is 1. The summed E-state index contributed by atoms with van der Waals surface area (Å²) in [5.41, 5.74) is -1.60. The van der Waals surface area contributed by atoms with E-state index in [0.29, 0.717) is 31.6 Å². The number of esters is 1. The normalized spacial score (nSPS) is 19.9. The molecule has 1 amide bonds. The van der Waals surface area contributed by atoms with Crippen LogP contribution in [0.15, 0.2) is 50.6 Å². The van der Waals surface area contributed by atoms with Crippen molar-refractivity contribution in [2.75, 3.05) is 0 Å². The van der Waals surface area contributed by atoms with Crippen molar-refractivity contribution in [2.24, 2.45) is 4.99 Å². The first kappa shape index (κ1) is 26.7. The number of carbonyl (C=O) groups excluding carboxylic acids is 2. The topological polar surface area (TPSA) is 131 Å². The maximum atomic E-state index is 12.0. The minimum Gasteiger partial charge on any atom is -0.480 e. The number of ether oxygens (including phenoxy) is 1. The van der Waals surface area contributed by atoms with Crippen LogP contribution < -0.4 is 5.32 Å². The number of carboxylic acid groups (broad SMARTS) is 1. The number of hydrogen-bond acceptors (Lipinski definition) is 7. The maximum absolute atomic E-state index is 12.0. The van der Waals surface area contributed by atoms with Gasteiger partial charge in [-0.2, -0.15) is 0 Å². The maximum Gasteiger partial charge on any atom is 0.340 e. The largest absolute Gasteiger partial charge is 0.480 e. The number of furan rings is 2. The molecule has 0 radical (unpaired) electrons. The van der Waals surface area contributed by atoms with Crippen molar-refractivity contribution in [3.05, 3.63) is 48.3 Å². The number of aryl methyl sites for hydroxylation is 2. The lowest BCUT2D eigenvalue weighted by atomic mass is 9.81. The molecule has 37 heavy (non-hydrogen) atoms. The fourth-order valence-corrected chi connectivity index (χ4v) is 5.32. The Hall–Kier alpha value is -3.36. The third-order valence-corrected chi connectivity index (χ3v) is 7.45. The van der Waals surface area contributed by atoms with E-state index in [2.05, 4.69) is 10.3 Å². The van der Waals surface area contributed by atoms with Crippen LogP contribution in [-0.2, 0) is 32.0 Å². The highest BCUT2D eigenvalue weighted by atomic mass is 16.6. The van der Waals surface area contributed by atoms with Crippen molar-refractivity contribution in [1.29, 1.82) is 0 Å². The minimum absolute atomic E-state index is 0.142. The summed E-state index contributed by atoms with van der Waals surface area (Å²) in [4.78, 5) is 39.8. The Labute approximate surface area is 216 Å². The van der Waals surface area contributed by atoms with Crippen LogP contribution in [0.25, 0.3) is 0 Å². The minimum atomic E-state index is -1.06. The van der Waals surface area contributed by atoms with Crippen LogP contribution in [0, 0.1) is 0 Å². The van der Waals surface area contributed by atoms with Gasteiger partial charge >= 0.3 is 11.9 Å². The third-order valence-electron chi connectivity index (χ3n) is 7.45. The van der Waals surface area contributed by atoms with Crippen LogP contribution in [0.4, 0.5) is 0 Å². The van der Waals surface area contributed by atoms with Gasteiger partial charge in [0.05, 0.1) is 12.5 Å². The third kappa shape index (κ3) is 6.90. The molecule has 1 spiro atoms. The molecule has 0 atom stereocenters. The van der Waals surface area contributed by atoms with E-state index >= 15 is 0 Å². The van der Waals surface area contributed by atoms with E-state index in [-0.39, 0.29) is 18.3 Å². The van der Waals surface area contributed by atoms with Crippen LogP contribution in [0.3, 0.4) is 0 Å². The average molecular weight is 513 g/mol. The Bertz CT molecular complexity index is 1060. The monoisotopic (exact) mass is 512 g/mol. The molecule has 2 aromatic heterocycles. The van der Waals surface area contributed by atoms with Gasteiger partial charge in [-0.3, -0.25) is 4.79 Å². The lowest BCUT2D eigenvalue weighted by Crippen LogP contribution is -2.55. The molecule has 0 bridgehead atoms. The number of cyclic esters (lactones) is 1. The van der Waals surface area contributed by atoms with Crippen molar-refractivity contribution in [1.82, 2.24) is 5.32 Å². The summed E-state index contributed by atoms with van der Waals surface area (Å²) in [5.74, 6) is 0.940. The predicted octanol–water partition coefficient (Wildman–Crippen LogP) is 4.99. The van der Waals surface area contributed by atoms with Gasteiger partial charge in [-0.15, -0.1) is 0 Å². The number of nitrogens with zero attached hydrogens (tertiary/aromatic N) is 1. The summed E-state index contributed by atoms with van der Waals surface area (Å²) in [5, 5.41) is 12.1. The summed E-state index contributed by atoms with van der Waals surface area (Å²) in [6.07, 6.45) is 14.2. The Kier molecular flexibility index (Phi) is 8.84. The SMILES string of the molecule is O=C(CCc1ccco1)NC1(C(=O)O)CCCCC1.O=C1OC(CCc2ccco2)=NC12CCCCC2. The second kappa shape index (κ2) is 12.3. The molecule has 0 unspecified atom stereocenters. The summed E-state index contributed by atoms with van der Waals surface area (Å²) in [6.45, 7) is 0. The molecule has 2 aliphatic carbocycles. The van der Waals surface area contributed by atoms with Crippen molar-refractivity contribution in [3.8, 4) is 0 Å². The lowest BCUT2D eigenvalue weighted by Gasteiger charge is -2.33. The highest BCUT2D eigenvalue weighted by molar-refractivity contribution is 6.00. The molecule has 2 saturated carbocycles. The molecule has 2 aromatic rings. The molecule has 3 aliphatic rings. The number of hydrogen-bond donors (Lipinski definition) is 2. The zero-order valence-corrected chi connectivity index (χ0v) is 21.2. The van der Waals surface area contributed by atoms with E-state index in [1.165, 1.54) is 6.42 Å². The Morgan fingerprint density at radius 3 is 2.03 bits per heavy atom. The van der Waals surface area contributed by atoms with Crippen molar-refractivity contribution in [2.45, 2.75) is 101 Å². The van der Waals surface area contributed by atoms with Gasteiger partial charge < -0.3 is 24.0 Å². The fraction of sp³-hybridized carbons (Fsp3) is 0.571. The zero-order chi connectivity index (χ0) is 26.1. The second-order valence-corrected chi connectivity index (χ2v) is 10.1. The average Bonchev–Trinajstić information content (AvgIpc) is 3.66. The molecule has 200 valence electrons. The number of nitrogens with one attached hydrogen (secondary N) is 1. The van der Waals surface area contributed by atoms with Gasteiger partial charge in [0, 0.05) is 25.7 Å². The second-order valence-electron chi connectivity index (χ2n) is 10.1. The summed E-state index contributed by atoms with van der Waals surface area (Å²) in [7, 11) is 0. The van der Waals surface area contributed by atoms with Gasteiger partial charge in [-0.05, 0) is 49.9 Å². The van der Waals surface area contributed by atoms with Gasteiger partial charge in [-0.1, -0.05) is 38.5 Å². The first-order valence-electron chi connectivity index (χ1n) is 13.3. The first-order chi connectivity index (χ1) is 17.9. The molecule has 9 nitrogen and oxygen atoms in total. The quantitative estimate of drug-likeness (QED) is 0.477. The van der Waals surface area contributed by atoms with Gasteiger partial charge in [0.2, 0.25) is 5.91 Å². The first-order valence-corrected chi connectivity index (χ1v) is 13.3. The van der Waals surface area contributed by atoms with Crippen LogP contribution in [-0.4, -0.2) is 39.9 Å². The molecule has 0 saturated heterocycles. The highest BCUT2D eigenvalue weighted by Gasteiger charge is 2.46. The Morgan fingerprint density at radius 2 is 1.46 bits per heavy atom. The van der Waals surface area contributed by atoms with E-state index in [9.17, 15) is 19.5 Å². The number of aliphatic imine (C=N–C) groups is 1. The number of carbonyl (C=O) groups is 3. The molecule has 3 heterocycles. The van der Waals surface area contributed by atoms with Crippen LogP contribution in [0.5, 0.6) is 0 Å². The molecule has 5 rings (SSSR count). The summed E-state index contributed by atoms with van der Waals surface area (Å²) >= 11 is 0. The van der Waals surface area contributed by atoms with E-state index in [1.54, 1.807) is 24.7 Å². The summed E-state index contributed by atoms with van der Waals surface area (Å²) in [6, 6.07) is 7.36. The van der Waals surface area contributed by atoms with Crippen molar-refractivity contribution < 1.29 is 33.1 Å². The molecule has 2 fully saturated rings. The molecule has 0 aromatic carbocycles. The van der Waals surface area contributed by atoms with E-state index < -0.39 is 17.0 Å². The van der Waals surface area contributed by atoms with Crippen molar-refractivity contribution in [3.63, 3.8) is 0 Å². The van der Waals surface area contributed by atoms with Gasteiger partial charge in [0.1, 0.15) is 17.1 Å². The fourth-order valence-electron chi connectivity index (χ4n) is 5.32. The number of rotatable bonds is 8. The van der Waals surface area contributed by atoms with E-state index in [1.807, 2.05) is 12.1 Å². The highest BCUT2D eigenvalue weighted by Crippen LogP contribution is 2.36. The molecular formula is C28H36N2O7. The molecule has 1 aliphatic heterocycles. The number of amides is 1. The molecular weight excluding hydrogens is 476 g/mol. The van der Waals surface area contributed by atoms with Crippen LogP contribution in [0.1, 0.15) is 88.6 Å². The standard InChI is InChI=1S/C14H19NO4.C14H17NO3/c16-12(7-6-11-5-4-10-19-11)15-14(13(17)18)8-2-1-3-9-14;16-13-14(8-2-1-3-9-14)15-12(18-13)7-6-11-5-4-10-17-11/h4-5,10H,1-3,6-9H2,(H,15,16)(H,17,18);4-5,10H,1-3,6-9H2. The van der Waals surface area contributed by atoms with Crippen LogP contribution >= 0.6 is 0 Å². The molecule has 9 heteroatoms. The van der Waals surface area contributed by atoms with E-state index in [4.69, 9.17) is 13.6 Å².